The summed E-state index contributed by atoms with van der Waals surface area (Å²) in [7, 11) is 1.66. The average molecular weight is 325 g/mol. The normalized spacial score (nSPS) is 14.5. The molecule has 0 radical (unpaired) electrons. The lowest BCUT2D eigenvalue weighted by Gasteiger charge is -2.35. The second kappa shape index (κ2) is 7.81. The lowest BCUT2D eigenvalue weighted by Crippen LogP contribution is -2.49. The minimum Gasteiger partial charge on any atom is -0.497 e. The van der Waals surface area contributed by atoms with Gasteiger partial charge in [0.2, 0.25) is 5.91 Å². The van der Waals surface area contributed by atoms with Crippen LogP contribution in [0.4, 0.5) is 5.82 Å². The minimum absolute atomic E-state index is 0.228. The predicted octanol–water partition coefficient (Wildman–Crippen LogP) is 2.37. The van der Waals surface area contributed by atoms with Gasteiger partial charge in [0.1, 0.15) is 11.6 Å². The maximum absolute atomic E-state index is 12.4. The molecule has 5 nitrogen and oxygen atoms in total. The zero-order chi connectivity index (χ0) is 16.8. The molecule has 2 aromatic rings. The smallest absolute Gasteiger partial charge is 0.223 e. The second-order valence-corrected chi connectivity index (χ2v) is 5.90. The molecule has 0 saturated carbocycles. The van der Waals surface area contributed by atoms with E-state index in [2.05, 4.69) is 9.88 Å². The van der Waals surface area contributed by atoms with Gasteiger partial charge in [-0.1, -0.05) is 18.2 Å². The molecule has 1 aliphatic rings. The maximum atomic E-state index is 12.4. The summed E-state index contributed by atoms with van der Waals surface area (Å²) in [5, 5.41) is 0. The van der Waals surface area contributed by atoms with Crippen molar-refractivity contribution in [3.8, 4) is 5.75 Å². The summed E-state index contributed by atoms with van der Waals surface area (Å²) in [6.45, 7) is 3.20. The summed E-state index contributed by atoms with van der Waals surface area (Å²) < 4.78 is 5.15. The fourth-order valence-corrected chi connectivity index (χ4v) is 2.93. The van der Waals surface area contributed by atoms with Gasteiger partial charge < -0.3 is 14.5 Å². The van der Waals surface area contributed by atoms with Gasteiger partial charge in [0.15, 0.2) is 0 Å². The number of rotatable bonds is 5. The van der Waals surface area contributed by atoms with E-state index in [-0.39, 0.29) is 5.91 Å². The zero-order valence-corrected chi connectivity index (χ0v) is 14.0. The molecule has 0 atom stereocenters. The van der Waals surface area contributed by atoms with E-state index in [1.165, 1.54) is 0 Å². The van der Waals surface area contributed by atoms with Crippen molar-refractivity contribution in [1.29, 1.82) is 0 Å². The summed E-state index contributed by atoms with van der Waals surface area (Å²) in [5.74, 6) is 2.06. The molecule has 0 aliphatic carbocycles. The Kier molecular flexibility index (Phi) is 5.31. The van der Waals surface area contributed by atoms with Gasteiger partial charge in [0, 0.05) is 38.8 Å². The molecule has 1 aliphatic heterocycles. The van der Waals surface area contributed by atoms with Crippen LogP contribution < -0.4 is 9.64 Å². The molecule has 0 N–H and O–H groups in total. The van der Waals surface area contributed by atoms with E-state index >= 15 is 0 Å². The van der Waals surface area contributed by atoms with Gasteiger partial charge in [-0.3, -0.25) is 4.79 Å². The Morgan fingerprint density at radius 3 is 2.46 bits per heavy atom. The number of carbonyl (C=O) groups excluding carboxylic acids is 1. The number of ether oxygens (including phenoxy) is 1. The van der Waals surface area contributed by atoms with Gasteiger partial charge in [-0.25, -0.2) is 4.98 Å². The number of aromatic nitrogens is 1. The van der Waals surface area contributed by atoms with Crippen molar-refractivity contribution in [2.45, 2.75) is 12.8 Å². The summed E-state index contributed by atoms with van der Waals surface area (Å²) in [6, 6.07) is 13.8. The molecular weight excluding hydrogens is 302 g/mol. The fraction of sp³-hybridized carbons (Fsp3) is 0.368. The van der Waals surface area contributed by atoms with E-state index in [0.717, 1.165) is 49.7 Å². The number of carbonyl (C=O) groups is 1. The summed E-state index contributed by atoms with van der Waals surface area (Å²) in [6.07, 6.45) is 3.13. The van der Waals surface area contributed by atoms with E-state index < -0.39 is 0 Å². The van der Waals surface area contributed by atoms with E-state index in [0.29, 0.717) is 6.42 Å². The van der Waals surface area contributed by atoms with Crippen LogP contribution in [0.2, 0.25) is 0 Å². The summed E-state index contributed by atoms with van der Waals surface area (Å²) in [4.78, 5) is 21.0. The number of hydrogen-bond acceptors (Lipinski definition) is 4. The Labute approximate surface area is 142 Å². The molecule has 0 unspecified atom stereocenters. The molecule has 2 heterocycles. The highest BCUT2D eigenvalue weighted by atomic mass is 16.5. The average Bonchev–Trinajstić information content (AvgIpc) is 2.67. The van der Waals surface area contributed by atoms with E-state index in [1.807, 2.05) is 53.6 Å². The van der Waals surface area contributed by atoms with Crippen LogP contribution in [0.3, 0.4) is 0 Å². The molecule has 126 valence electrons. The van der Waals surface area contributed by atoms with Gasteiger partial charge >= 0.3 is 0 Å². The van der Waals surface area contributed by atoms with Crippen molar-refractivity contribution >= 4 is 11.7 Å². The molecule has 1 aromatic carbocycles. The molecule has 1 amide bonds. The number of amides is 1. The van der Waals surface area contributed by atoms with Crippen molar-refractivity contribution in [3.05, 3.63) is 54.2 Å². The highest BCUT2D eigenvalue weighted by Crippen LogP contribution is 2.15. The van der Waals surface area contributed by atoms with Gasteiger partial charge in [0.05, 0.1) is 7.11 Å². The van der Waals surface area contributed by atoms with Crippen molar-refractivity contribution in [2.75, 3.05) is 38.2 Å². The van der Waals surface area contributed by atoms with E-state index in [9.17, 15) is 4.79 Å². The van der Waals surface area contributed by atoms with Crippen molar-refractivity contribution < 1.29 is 9.53 Å². The van der Waals surface area contributed by atoms with Crippen LogP contribution in [0.5, 0.6) is 5.75 Å². The van der Waals surface area contributed by atoms with Crippen molar-refractivity contribution in [3.63, 3.8) is 0 Å². The Morgan fingerprint density at radius 2 is 1.83 bits per heavy atom. The Hall–Kier alpha value is -2.56. The van der Waals surface area contributed by atoms with Crippen LogP contribution >= 0.6 is 0 Å². The Morgan fingerprint density at radius 1 is 1.08 bits per heavy atom. The highest BCUT2D eigenvalue weighted by molar-refractivity contribution is 5.76. The standard InChI is InChI=1S/C19H23N3O2/c1-24-17-8-5-16(6-9-17)7-10-19(23)22-14-12-21(13-15-22)18-4-2-3-11-20-18/h2-6,8-9,11H,7,10,12-15H2,1H3. The van der Waals surface area contributed by atoms with Crippen LogP contribution in [0.1, 0.15) is 12.0 Å². The van der Waals surface area contributed by atoms with Gasteiger partial charge in [-0.05, 0) is 36.2 Å². The number of benzene rings is 1. The number of aryl methyl sites for hydroxylation is 1. The lowest BCUT2D eigenvalue weighted by atomic mass is 10.1. The molecule has 5 heteroatoms. The van der Waals surface area contributed by atoms with Crippen LogP contribution in [-0.4, -0.2) is 49.1 Å². The molecule has 0 bridgehead atoms. The SMILES string of the molecule is COc1ccc(CCC(=O)N2CCN(c3ccccn3)CC2)cc1. The molecule has 3 rings (SSSR count). The number of anilines is 1. The third-order valence-electron chi connectivity index (χ3n) is 4.39. The monoisotopic (exact) mass is 325 g/mol. The largest absolute Gasteiger partial charge is 0.497 e. The minimum atomic E-state index is 0.228. The number of piperazine rings is 1. The fourth-order valence-electron chi connectivity index (χ4n) is 2.93. The lowest BCUT2D eigenvalue weighted by molar-refractivity contribution is -0.131. The molecule has 1 fully saturated rings. The van der Waals surface area contributed by atoms with Crippen molar-refractivity contribution in [1.82, 2.24) is 9.88 Å². The second-order valence-electron chi connectivity index (χ2n) is 5.90. The van der Waals surface area contributed by atoms with Crippen LogP contribution in [0, 0.1) is 0 Å². The molecule has 24 heavy (non-hydrogen) atoms. The zero-order valence-electron chi connectivity index (χ0n) is 14.0. The first-order valence-electron chi connectivity index (χ1n) is 8.33. The maximum Gasteiger partial charge on any atom is 0.223 e. The van der Waals surface area contributed by atoms with E-state index in [4.69, 9.17) is 4.74 Å². The van der Waals surface area contributed by atoms with E-state index in [1.54, 1.807) is 7.11 Å². The molecular formula is C19H23N3O2. The quantitative estimate of drug-likeness (QED) is 0.847. The van der Waals surface area contributed by atoms with Crippen LogP contribution in [0.25, 0.3) is 0 Å². The first-order chi connectivity index (χ1) is 11.8. The van der Waals surface area contributed by atoms with Gasteiger partial charge in [0.25, 0.3) is 0 Å². The van der Waals surface area contributed by atoms with Crippen molar-refractivity contribution in [2.24, 2.45) is 0 Å². The summed E-state index contributed by atoms with van der Waals surface area (Å²) >= 11 is 0. The Balaban J connectivity index is 1.46. The third kappa shape index (κ3) is 4.04. The van der Waals surface area contributed by atoms with Crippen LogP contribution in [0.15, 0.2) is 48.7 Å². The first-order valence-corrected chi connectivity index (χ1v) is 8.33. The van der Waals surface area contributed by atoms with Gasteiger partial charge in [-0.15, -0.1) is 0 Å². The molecule has 1 aromatic heterocycles. The highest BCUT2D eigenvalue weighted by Gasteiger charge is 2.21. The third-order valence-corrected chi connectivity index (χ3v) is 4.39. The number of hydrogen-bond donors (Lipinski definition) is 0. The molecule has 0 spiro atoms. The Bertz CT molecular complexity index is 650. The van der Waals surface area contributed by atoms with Gasteiger partial charge in [-0.2, -0.15) is 0 Å². The molecule has 1 saturated heterocycles. The predicted molar refractivity (Wildman–Crippen MR) is 94.3 cm³/mol. The number of pyridine rings is 1. The topological polar surface area (TPSA) is 45.7 Å². The summed E-state index contributed by atoms with van der Waals surface area (Å²) in [5.41, 5.74) is 1.16. The van der Waals surface area contributed by atoms with Crippen LogP contribution in [-0.2, 0) is 11.2 Å². The first kappa shape index (κ1) is 16.3. The number of nitrogens with zero attached hydrogens (tertiary/aromatic N) is 3. The number of methoxy groups -OCH3 is 1.